The molecule has 0 N–H and O–H groups in total. The normalized spacial score (nSPS) is 14.2. The van der Waals surface area contributed by atoms with Gasteiger partial charge in [-0.15, -0.1) is 5.10 Å². The molecule has 0 aliphatic carbocycles. The molecule has 0 fully saturated rings. The molecule has 1 amide bonds. The number of nitrogens with zero attached hydrogens (tertiary/aromatic N) is 8. The van der Waals surface area contributed by atoms with Crippen LogP contribution in [0.1, 0.15) is 28.2 Å². The fraction of sp³-hybridized carbons (Fsp3) is 0.333. The minimum Gasteiger partial charge on any atom is -0.333 e. The first-order chi connectivity index (χ1) is 11.8. The van der Waals surface area contributed by atoms with Gasteiger partial charge in [0.25, 0.3) is 5.91 Å². The molecule has 0 spiro atoms. The molecule has 9 heteroatoms. The van der Waals surface area contributed by atoms with E-state index in [1.807, 2.05) is 21.8 Å². The number of hydrogen-bond acceptors (Lipinski definition) is 6. The Bertz CT molecular complexity index is 827. The van der Waals surface area contributed by atoms with Gasteiger partial charge in [0.15, 0.2) is 0 Å². The summed E-state index contributed by atoms with van der Waals surface area (Å²) in [6.07, 6.45) is 7.47. The Morgan fingerprint density at radius 1 is 1.21 bits per heavy atom. The zero-order valence-electron chi connectivity index (χ0n) is 13.0. The van der Waals surface area contributed by atoms with E-state index in [0.717, 1.165) is 24.4 Å². The molecule has 0 radical (unpaired) electrons. The van der Waals surface area contributed by atoms with Gasteiger partial charge in [-0.3, -0.25) is 9.48 Å². The zero-order chi connectivity index (χ0) is 16.4. The molecule has 1 aliphatic rings. The Labute approximate surface area is 137 Å². The highest BCUT2D eigenvalue weighted by Gasteiger charge is 2.24. The molecule has 0 aromatic carbocycles. The molecular weight excluding hydrogens is 308 g/mol. The average molecular weight is 324 g/mol. The Kier molecular flexibility index (Phi) is 3.73. The summed E-state index contributed by atoms with van der Waals surface area (Å²) >= 11 is 0. The molecule has 0 atom stereocenters. The largest absolute Gasteiger partial charge is 0.333 e. The molecule has 24 heavy (non-hydrogen) atoms. The highest BCUT2D eigenvalue weighted by molar-refractivity contribution is 5.93. The fourth-order valence-electron chi connectivity index (χ4n) is 2.84. The molecule has 0 unspecified atom stereocenters. The lowest BCUT2D eigenvalue weighted by atomic mass is 10.2. The molecule has 4 rings (SSSR count). The highest BCUT2D eigenvalue weighted by Crippen LogP contribution is 2.17. The Hall–Kier alpha value is -3.10. The molecule has 0 bridgehead atoms. The van der Waals surface area contributed by atoms with Crippen molar-refractivity contribution >= 4 is 5.91 Å². The summed E-state index contributed by atoms with van der Waals surface area (Å²) in [6, 6.07) is 3.55. The number of aromatic nitrogens is 7. The Morgan fingerprint density at radius 3 is 2.96 bits per heavy atom. The van der Waals surface area contributed by atoms with Gasteiger partial charge in [0.2, 0.25) is 0 Å². The van der Waals surface area contributed by atoms with Crippen LogP contribution in [0.25, 0.3) is 0 Å². The Balaban J connectivity index is 1.59. The van der Waals surface area contributed by atoms with Crippen LogP contribution < -0.4 is 0 Å². The van der Waals surface area contributed by atoms with Gasteiger partial charge in [0, 0.05) is 25.5 Å². The molecule has 1 aliphatic heterocycles. The molecule has 9 nitrogen and oxygen atoms in total. The number of carbonyl (C=O) groups excluding carboxylic acids is 1. The highest BCUT2D eigenvalue weighted by atomic mass is 16.2. The lowest BCUT2D eigenvalue weighted by Gasteiger charge is -2.20. The van der Waals surface area contributed by atoms with Gasteiger partial charge in [0.05, 0.1) is 36.7 Å². The summed E-state index contributed by atoms with van der Waals surface area (Å²) in [7, 11) is 0. The monoisotopic (exact) mass is 324 g/mol. The van der Waals surface area contributed by atoms with Crippen LogP contribution >= 0.6 is 0 Å². The molecule has 122 valence electrons. The minimum absolute atomic E-state index is 0.0513. The van der Waals surface area contributed by atoms with Crippen molar-refractivity contribution in [2.24, 2.45) is 0 Å². The van der Waals surface area contributed by atoms with E-state index < -0.39 is 0 Å². The number of amides is 1. The van der Waals surface area contributed by atoms with E-state index in [0.29, 0.717) is 25.2 Å². The van der Waals surface area contributed by atoms with Crippen molar-refractivity contribution in [3.63, 3.8) is 0 Å². The van der Waals surface area contributed by atoms with Gasteiger partial charge in [-0.25, -0.2) is 4.68 Å². The number of hydrogen-bond donors (Lipinski definition) is 0. The second-order valence-electron chi connectivity index (χ2n) is 5.62. The molecular formula is C15H16N8O. The van der Waals surface area contributed by atoms with Gasteiger partial charge in [0.1, 0.15) is 5.69 Å². The molecule has 4 heterocycles. The summed E-state index contributed by atoms with van der Waals surface area (Å²) in [6.45, 7) is 2.44. The SMILES string of the molecule is O=C(c1ccnnc1)N1CCCn2nnc(Cn3cccn3)c2C1. The third-order valence-electron chi connectivity index (χ3n) is 4.05. The van der Waals surface area contributed by atoms with Crippen LogP contribution in [0.4, 0.5) is 0 Å². The standard InChI is InChI=1S/C15H16N8O/c24-15(12-3-5-16-17-9-12)21-6-2-8-23-14(11-21)13(19-20-23)10-22-7-1-4-18-22/h1,3-5,7,9H,2,6,8,10-11H2. The van der Waals surface area contributed by atoms with Crippen molar-refractivity contribution in [1.29, 1.82) is 0 Å². The quantitative estimate of drug-likeness (QED) is 0.690. The van der Waals surface area contributed by atoms with Gasteiger partial charge in [-0.1, -0.05) is 5.21 Å². The maximum absolute atomic E-state index is 12.7. The van der Waals surface area contributed by atoms with Crippen molar-refractivity contribution in [2.45, 2.75) is 26.1 Å². The first-order valence-corrected chi connectivity index (χ1v) is 7.76. The third kappa shape index (κ3) is 2.75. The van der Waals surface area contributed by atoms with Crippen molar-refractivity contribution < 1.29 is 4.79 Å². The first-order valence-electron chi connectivity index (χ1n) is 7.76. The summed E-state index contributed by atoms with van der Waals surface area (Å²) in [5, 5.41) is 20.2. The lowest BCUT2D eigenvalue weighted by molar-refractivity contribution is 0.0744. The number of aryl methyl sites for hydroxylation is 1. The van der Waals surface area contributed by atoms with Crippen LogP contribution in [0.3, 0.4) is 0 Å². The zero-order valence-corrected chi connectivity index (χ0v) is 13.0. The summed E-state index contributed by atoms with van der Waals surface area (Å²) in [5.74, 6) is -0.0513. The average Bonchev–Trinajstić information content (AvgIpc) is 3.20. The van der Waals surface area contributed by atoms with Crippen molar-refractivity contribution in [3.8, 4) is 0 Å². The van der Waals surface area contributed by atoms with Crippen LogP contribution in [-0.2, 0) is 19.6 Å². The van der Waals surface area contributed by atoms with Crippen LogP contribution in [0, 0.1) is 0 Å². The first kappa shape index (κ1) is 14.5. The topological polar surface area (TPSA) is 94.6 Å². The molecule has 0 saturated carbocycles. The van der Waals surface area contributed by atoms with E-state index in [4.69, 9.17) is 0 Å². The maximum Gasteiger partial charge on any atom is 0.255 e. The van der Waals surface area contributed by atoms with Crippen LogP contribution in [-0.4, -0.2) is 52.3 Å². The Morgan fingerprint density at radius 2 is 2.17 bits per heavy atom. The predicted molar refractivity (Wildman–Crippen MR) is 82.7 cm³/mol. The maximum atomic E-state index is 12.7. The van der Waals surface area contributed by atoms with Gasteiger partial charge >= 0.3 is 0 Å². The van der Waals surface area contributed by atoms with Crippen molar-refractivity contribution in [3.05, 3.63) is 53.9 Å². The summed E-state index contributed by atoms with van der Waals surface area (Å²) in [4.78, 5) is 14.5. The minimum atomic E-state index is -0.0513. The lowest BCUT2D eigenvalue weighted by Crippen LogP contribution is -2.31. The van der Waals surface area contributed by atoms with E-state index in [2.05, 4.69) is 25.6 Å². The third-order valence-corrected chi connectivity index (χ3v) is 4.05. The fourth-order valence-corrected chi connectivity index (χ4v) is 2.84. The van der Waals surface area contributed by atoms with Crippen LogP contribution in [0.5, 0.6) is 0 Å². The van der Waals surface area contributed by atoms with Crippen LogP contribution in [0.15, 0.2) is 36.9 Å². The second kappa shape index (κ2) is 6.19. The van der Waals surface area contributed by atoms with Crippen molar-refractivity contribution in [2.75, 3.05) is 6.54 Å². The van der Waals surface area contributed by atoms with E-state index in [-0.39, 0.29) is 5.91 Å². The number of fused-ring (bicyclic) bond motifs is 1. The molecule has 0 saturated heterocycles. The van der Waals surface area contributed by atoms with Gasteiger partial charge in [-0.2, -0.15) is 15.3 Å². The van der Waals surface area contributed by atoms with Crippen molar-refractivity contribution in [1.82, 2.24) is 39.9 Å². The molecule has 3 aromatic heterocycles. The van der Waals surface area contributed by atoms with E-state index in [1.54, 1.807) is 16.9 Å². The van der Waals surface area contributed by atoms with E-state index in [1.165, 1.54) is 12.4 Å². The van der Waals surface area contributed by atoms with E-state index >= 15 is 0 Å². The summed E-state index contributed by atoms with van der Waals surface area (Å²) < 4.78 is 3.69. The molecule has 3 aromatic rings. The number of rotatable bonds is 3. The predicted octanol–water partition coefficient (Wildman–Crippen LogP) is 0.359. The van der Waals surface area contributed by atoms with E-state index in [9.17, 15) is 4.79 Å². The van der Waals surface area contributed by atoms with Gasteiger partial charge in [-0.05, 0) is 18.6 Å². The number of carbonyl (C=O) groups is 1. The smallest absolute Gasteiger partial charge is 0.255 e. The summed E-state index contributed by atoms with van der Waals surface area (Å²) in [5.41, 5.74) is 2.34. The second-order valence-corrected chi connectivity index (χ2v) is 5.62. The van der Waals surface area contributed by atoms with Gasteiger partial charge < -0.3 is 4.90 Å². The van der Waals surface area contributed by atoms with Crippen LogP contribution in [0.2, 0.25) is 0 Å².